The molecule has 29 heavy (non-hydrogen) atoms. The van der Waals surface area contributed by atoms with Gasteiger partial charge in [-0.05, 0) is 66.0 Å². The van der Waals surface area contributed by atoms with Crippen LogP contribution in [-0.4, -0.2) is 31.4 Å². The minimum Gasteiger partial charge on any atom is -0.493 e. The van der Waals surface area contributed by atoms with E-state index in [1.54, 1.807) is 25.6 Å². The normalized spacial score (nSPS) is 12.3. The molecule has 0 saturated heterocycles. The van der Waals surface area contributed by atoms with Gasteiger partial charge in [0.1, 0.15) is 0 Å². The van der Waals surface area contributed by atoms with Crippen molar-refractivity contribution in [3.05, 3.63) is 44.9 Å². The smallest absolute Gasteiger partial charge is 0.341 e. The number of aromatic nitrogens is 1. The van der Waals surface area contributed by atoms with Crippen molar-refractivity contribution in [2.45, 2.75) is 26.8 Å². The first kappa shape index (κ1) is 20.0. The van der Waals surface area contributed by atoms with Gasteiger partial charge >= 0.3 is 5.97 Å². The lowest BCUT2D eigenvalue weighted by atomic mass is 9.94. The summed E-state index contributed by atoms with van der Waals surface area (Å²) in [4.78, 5) is 14.2. The zero-order valence-electron chi connectivity index (χ0n) is 16.8. The minimum absolute atomic E-state index is 0.300. The number of carbonyl (C=O) groups is 1. The van der Waals surface area contributed by atoms with Gasteiger partial charge in [-0.2, -0.15) is 0 Å². The summed E-state index contributed by atoms with van der Waals surface area (Å²) in [6.45, 7) is 5.02. The van der Waals surface area contributed by atoms with Gasteiger partial charge in [-0.25, -0.2) is 4.79 Å². The Bertz CT molecular complexity index is 1100. The van der Waals surface area contributed by atoms with Gasteiger partial charge < -0.3 is 18.8 Å². The second-order valence-corrected chi connectivity index (χ2v) is 9.24. The van der Waals surface area contributed by atoms with Crippen LogP contribution in [0.3, 0.4) is 0 Å². The van der Waals surface area contributed by atoms with E-state index in [9.17, 15) is 4.79 Å². The first-order chi connectivity index (χ1) is 14.0. The summed E-state index contributed by atoms with van der Waals surface area (Å²) in [6, 6.07) is 8.03. The van der Waals surface area contributed by atoms with Crippen molar-refractivity contribution in [1.82, 2.24) is 4.57 Å². The van der Waals surface area contributed by atoms with Crippen LogP contribution < -0.4 is 9.47 Å². The first-order valence-electron chi connectivity index (χ1n) is 9.41. The Morgan fingerprint density at radius 2 is 1.93 bits per heavy atom. The topological polar surface area (TPSA) is 49.7 Å². The Hall–Kier alpha value is -2.25. The molecule has 7 heteroatoms. The molecule has 0 aliphatic carbocycles. The maximum atomic E-state index is 13.1. The number of rotatable bonds is 5. The molecule has 0 amide bonds. The van der Waals surface area contributed by atoms with Gasteiger partial charge in [0.05, 0.1) is 35.9 Å². The van der Waals surface area contributed by atoms with E-state index < -0.39 is 0 Å². The van der Waals surface area contributed by atoms with Crippen molar-refractivity contribution in [2.24, 2.45) is 0 Å². The Labute approximate surface area is 182 Å². The molecule has 0 radical (unpaired) electrons. The molecule has 2 aromatic heterocycles. The van der Waals surface area contributed by atoms with Gasteiger partial charge in [0, 0.05) is 28.2 Å². The monoisotopic (exact) mass is 475 g/mol. The summed E-state index contributed by atoms with van der Waals surface area (Å²) in [5.74, 6) is 1.04. The maximum Gasteiger partial charge on any atom is 0.341 e. The van der Waals surface area contributed by atoms with Crippen LogP contribution in [0.1, 0.15) is 28.5 Å². The predicted octanol–water partition coefficient (Wildman–Crippen LogP) is 5.70. The number of esters is 1. The van der Waals surface area contributed by atoms with Crippen molar-refractivity contribution in [1.29, 1.82) is 0 Å². The molecular formula is C22H22BrNO4S. The SMILES string of the molecule is CCOC(=O)c1c(-c2ccc(Br)s2)c(C)n2c1-c1cc(OC)c(OC)cc1CC2. The summed E-state index contributed by atoms with van der Waals surface area (Å²) < 4.78 is 19.7. The average Bonchev–Trinajstić information content (AvgIpc) is 3.27. The molecule has 1 aliphatic rings. The molecule has 0 N–H and O–H groups in total. The number of fused-ring (bicyclic) bond motifs is 3. The van der Waals surface area contributed by atoms with Crippen LogP contribution >= 0.6 is 27.3 Å². The molecule has 0 bridgehead atoms. The standard InChI is InChI=1S/C22H22BrNO4S/c1-5-28-22(25)20-19(17-6-7-18(23)29-17)12(2)24-9-8-13-10-15(26-3)16(27-4)11-14(13)21(20)24/h6-7,10-11H,5,8-9H2,1-4H3. The molecule has 1 aliphatic heterocycles. The van der Waals surface area contributed by atoms with E-state index in [1.165, 1.54) is 0 Å². The maximum absolute atomic E-state index is 13.1. The van der Waals surface area contributed by atoms with E-state index in [1.807, 2.05) is 31.2 Å². The predicted molar refractivity (Wildman–Crippen MR) is 118 cm³/mol. The highest BCUT2D eigenvalue weighted by atomic mass is 79.9. The third-order valence-corrected chi connectivity index (χ3v) is 6.93. The zero-order valence-corrected chi connectivity index (χ0v) is 19.2. The van der Waals surface area contributed by atoms with Crippen molar-refractivity contribution in [3.63, 3.8) is 0 Å². The van der Waals surface area contributed by atoms with Crippen molar-refractivity contribution >= 4 is 33.2 Å². The number of carbonyl (C=O) groups excluding carboxylic acids is 1. The van der Waals surface area contributed by atoms with Crippen LogP contribution in [-0.2, 0) is 17.7 Å². The van der Waals surface area contributed by atoms with Crippen LogP contribution in [0.25, 0.3) is 21.7 Å². The van der Waals surface area contributed by atoms with Crippen molar-refractivity contribution in [3.8, 4) is 33.2 Å². The minimum atomic E-state index is -0.300. The lowest BCUT2D eigenvalue weighted by molar-refractivity contribution is 0.0528. The molecule has 1 aromatic carbocycles. The number of ether oxygens (including phenoxy) is 3. The number of hydrogen-bond acceptors (Lipinski definition) is 5. The van der Waals surface area contributed by atoms with E-state index in [4.69, 9.17) is 14.2 Å². The molecular weight excluding hydrogens is 454 g/mol. The number of hydrogen-bond donors (Lipinski definition) is 0. The summed E-state index contributed by atoms with van der Waals surface area (Å²) in [5.41, 5.74) is 5.64. The largest absolute Gasteiger partial charge is 0.493 e. The number of halogens is 1. The summed E-state index contributed by atoms with van der Waals surface area (Å²) in [5, 5.41) is 0. The molecule has 0 spiro atoms. The average molecular weight is 476 g/mol. The molecule has 4 rings (SSSR count). The van der Waals surface area contributed by atoms with E-state index in [2.05, 4.69) is 27.4 Å². The fourth-order valence-electron chi connectivity index (χ4n) is 4.03. The van der Waals surface area contributed by atoms with Gasteiger partial charge in [-0.15, -0.1) is 11.3 Å². The first-order valence-corrected chi connectivity index (χ1v) is 11.0. The van der Waals surface area contributed by atoms with Gasteiger partial charge in [0.15, 0.2) is 11.5 Å². The van der Waals surface area contributed by atoms with Crippen LogP contribution in [0.15, 0.2) is 28.1 Å². The van der Waals surface area contributed by atoms with E-state index in [0.29, 0.717) is 23.7 Å². The molecule has 0 unspecified atom stereocenters. The summed E-state index contributed by atoms with van der Waals surface area (Å²) in [7, 11) is 3.26. The highest BCUT2D eigenvalue weighted by Gasteiger charge is 2.32. The molecule has 152 valence electrons. The number of nitrogens with zero attached hydrogens (tertiary/aromatic N) is 1. The van der Waals surface area contributed by atoms with Crippen molar-refractivity contribution in [2.75, 3.05) is 20.8 Å². The van der Waals surface area contributed by atoms with Gasteiger partial charge in [0.2, 0.25) is 0 Å². The lowest BCUT2D eigenvalue weighted by Gasteiger charge is -2.23. The van der Waals surface area contributed by atoms with Crippen molar-refractivity contribution < 1.29 is 19.0 Å². The third-order valence-electron chi connectivity index (χ3n) is 5.29. The van der Waals surface area contributed by atoms with Crippen LogP contribution in [0.4, 0.5) is 0 Å². The Kier molecular flexibility index (Phi) is 5.44. The van der Waals surface area contributed by atoms with Gasteiger partial charge in [0.25, 0.3) is 0 Å². The molecule has 0 saturated carbocycles. The van der Waals surface area contributed by atoms with Crippen LogP contribution in [0.5, 0.6) is 11.5 Å². The Morgan fingerprint density at radius 3 is 2.55 bits per heavy atom. The summed E-state index contributed by atoms with van der Waals surface area (Å²) in [6.07, 6.45) is 0.855. The molecule has 3 aromatic rings. The fourth-order valence-corrected chi connectivity index (χ4v) is 5.52. The number of thiophene rings is 1. The number of aryl methyl sites for hydroxylation is 1. The number of benzene rings is 1. The Balaban J connectivity index is 2.03. The summed E-state index contributed by atoms with van der Waals surface area (Å²) >= 11 is 5.16. The second-order valence-electron chi connectivity index (χ2n) is 6.77. The number of methoxy groups -OCH3 is 2. The molecule has 5 nitrogen and oxygen atoms in total. The Morgan fingerprint density at radius 1 is 1.21 bits per heavy atom. The molecule has 0 atom stereocenters. The van der Waals surface area contributed by atoms with E-state index in [-0.39, 0.29) is 5.97 Å². The molecule has 0 fully saturated rings. The van der Waals surface area contributed by atoms with Crippen LogP contribution in [0, 0.1) is 6.92 Å². The van der Waals surface area contributed by atoms with Crippen LogP contribution in [0.2, 0.25) is 0 Å². The second kappa shape index (κ2) is 7.88. The quantitative estimate of drug-likeness (QED) is 0.443. The highest BCUT2D eigenvalue weighted by Crippen LogP contribution is 2.46. The van der Waals surface area contributed by atoms with Gasteiger partial charge in [-0.1, -0.05) is 0 Å². The zero-order chi connectivity index (χ0) is 20.7. The lowest BCUT2D eigenvalue weighted by Crippen LogP contribution is -2.15. The van der Waals surface area contributed by atoms with Gasteiger partial charge in [-0.3, -0.25) is 0 Å². The third kappa shape index (κ3) is 3.26. The molecule has 3 heterocycles. The highest BCUT2D eigenvalue weighted by molar-refractivity contribution is 9.11. The fraction of sp³-hybridized carbons (Fsp3) is 0.318. The van der Waals surface area contributed by atoms with E-state index >= 15 is 0 Å². The van der Waals surface area contributed by atoms with E-state index in [0.717, 1.165) is 49.7 Å².